The third-order valence-electron chi connectivity index (χ3n) is 3.54. The maximum Gasteiger partial charge on any atom is 0.415 e. The van der Waals surface area contributed by atoms with Gasteiger partial charge in [0, 0.05) is 12.5 Å². The first kappa shape index (κ1) is 20.5. The second-order valence-corrected chi connectivity index (χ2v) is 6.61. The molecular formula is C20H27NO4. The number of hydrogen-bond donors (Lipinski definition) is 0. The van der Waals surface area contributed by atoms with Crippen LogP contribution < -0.4 is 0 Å². The average molecular weight is 345 g/mol. The molecule has 0 N–H and O–H groups in total. The van der Waals surface area contributed by atoms with Crippen molar-refractivity contribution in [2.45, 2.75) is 38.7 Å². The summed E-state index contributed by atoms with van der Waals surface area (Å²) in [6, 6.07) is 9.84. The van der Waals surface area contributed by atoms with Crippen LogP contribution in [0.15, 0.2) is 55.3 Å². The zero-order valence-electron chi connectivity index (χ0n) is 15.5. The molecule has 0 aliphatic heterocycles. The third-order valence-corrected chi connectivity index (χ3v) is 3.54. The minimum atomic E-state index is -0.678. The highest BCUT2D eigenvalue weighted by Gasteiger charge is 2.28. The Morgan fingerprint density at radius 3 is 2.32 bits per heavy atom. The fourth-order valence-electron chi connectivity index (χ4n) is 2.27. The van der Waals surface area contributed by atoms with Crippen LogP contribution in [0.5, 0.6) is 0 Å². The Morgan fingerprint density at radius 2 is 1.84 bits per heavy atom. The molecule has 1 atom stereocenters. The van der Waals surface area contributed by atoms with Crippen LogP contribution in [0.1, 0.15) is 38.7 Å². The Bertz CT molecular complexity index is 616. The zero-order chi connectivity index (χ0) is 19.0. The van der Waals surface area contributed by atoms with Crippen LogP contribution in [-0.4, -0.2) is 36.2 Å². The lowest BCUT2D eigenvalue weighted by Crippen LogP contribution is -2.39. The van der Waals surface area contributed by atoms with E-state index in [1.54, 1.807) is 20.8 Å². The monoisotopic (exact) mass is 345 g/mol. The second kappa shape index (κ2) is 9.06. The topological polar surface area (TPSA) is 55.8 Å². The van der Waals surface area contributed by atoms with E-state index in [1.807, 2.05) is 36.4 Å². The van der Waals surface area contributed by atoms with Crippen molar-refractivity contribution >= 4 is 12.1 Å². The molecule has 0 saturated heterocycles. The molecule has 0 fully saturated rings. The molecule has 25 heavy (non-hydrogen) atoms. The predicted octanol–water partition coefficient (Wildman–Crippen LogP) is 4.27. The zero-order valence-corrected chi connectivity index (χ0v) is 15.5. The van der Waals surface area contributed by atoms with Crippen LogP contribution in [0.25, 0.3) is 0 Å². The molecule has 0 saturated carbocycles. The number of carbonyl (C=O) groups excluding carboxylic acids is 2. The summed E-state index contributed by atoms with van der Waals surface area (Å²) in [6.07, 6.45) is 1.77. The summed E-state index contributed by atoms with van der Waals surface area (Å²) >= 11 is 0. The average Bonchev–Trinajstić information content (AvgIpc) is 2.56. The Labute approximate surface area is 149 Å². The van der Waals surface area contributed by atoms with Crippen molar-refractivity contribution in [2.75, 3.05) is 13.7 Å². The van der Waals surface area contributed by atoms with Gasteiger partial charge in [-0.15, -0.1) is 6.58 Å². The lowest BCUT2D eigenvalue weighted by Gasteiger charge is -2.28. The minimum Gasteiger partial charge on any atom is -0.464 e. The highest BCUT2D eigenvalue weighted by molar-refractivity contribution is 5.91. The van der Waals surface area contributed by atoms with Gasteiger partial charge in [-0.25, -0.2) is 9.59 Å². The van der Waals surface area contributed by atoms with E-state index in [2.05, 4.69) is 17.9 Å². The molecule has 1 amide bonds. The molecule has 0 bridgehead atoms. The van der Waals surface area contributed by atoms with Crippen molar-refractivity contribution in [3.05, 3.63) is 60.8 Å². The Kier molecular flexibility index (Phi) is 7.43. The molecule has 1 unspecified atom stereocenters. The summed E-state index contributed by atoms with van der Waals surface area (Å²) in [5.74, 6) is -0.627. The van der Waals surface area contributed by atoms with Gasteiger partial charge in [-0.05, 0) is 32.8 Å². The summed E-state index contributed by atoms with van der Waals surface area (Å²) < 4.78 is 10.1. The maximum absolute atomic E-state index is 12.5. The molecule has 5 nitrogen and oxygen atoms in total. The van der Waals surface area contributed by atoms with E-state index >= 15 is 0 Å². The van der Waals surface area contributed by atoms with Gasteiger partial charge < -0.3 is 9.47 Å². The van der Waals surface area contributed by atoms with Gasteiger partial charge in [0.05, 0.1) is 7.11 Å². The molecule has 0 aliphatic carbocycles. The Balaban J connectivity index is 2.92. The van der Waals surface area contributed by atoms with Crippen LogP contribution in [0.4, 0.5) is 4.79 Å². The Hall–Kier alpha value is -2.56. The third kappa shape index (κ3) is 6.45. The molecule has 0 aliphatic rings. The van der Waals surface area contributed by atoms with Gasteiger partial charge in [0.25, 0.3) is 0 Å². The standard InChI is InChI=1S/C20H27NO4/c1-7-16(17-11-9-8-10-12-17)13-14-21(15(2)18(22)24-6)19(23)25-20(3,4)5/h7-12,16H,1-2,13-14H2,3-6H3. The molecule has 0 radical (unpaired) electrons. The number of esters is 1. The van der Waals surface area contributed by atoms with Gasteiger partial charge in [0.15, 0.2) is 0 Å². The van der Waals surface area contributed by atoms with Crippen molar-refractivity contribution in [2.24, 2.45) is 0 Å². The number of benzene rings is 1. The number of allylic oxidation sites excluding steroid dienone is 1. The second-order valence-electron chi connectivity index (χ2n) is 6.61. The molecule has 136 valence electrons. The number of ether oxygens (including phenoxy) is 2. The van der Waals surface area contributed by atoms with E-state index in [4.69, 9.17) is 4.74 Å². The smallest absolute Gasteiger partial charge is 0.415 e. The molecule has 1 rings (SSSR count). The predicted molar refractivity (Wildman–Crippen MR) is 98.1 cm³/mol. The summed E-state index contributed by atoms with van der Waals surface area (Å²) in [4.78, 5) is 25.5. The summed E-state index contributed by atoms with van der Waals surface area (Å²) in [5.41, 5.74) is 0.362. The van der Waals surface area contributed by atoms with Crippen molar-refractivity contribution < 1.29 is 19.1 Å². The lowest BCUT2D eigenvalue weighted by atomic mass is 9.96. The quantitative estimate of drug-likeness (QED) is 0.421. The van der Waals surface area contributed by atoms with Crippen LogP contribution in [0.2, 0.25) is 0 Å². The van der Waals surface area contributed by atoms with Crippen LogP contribution in [0.3, 0.4) is 0 Å². The minimum absolute atomic E-state index is 0.0385. The van der Waals surface area contributed by atoms with Crippen molar-refractivity contribution in [1.82, 2.24) is 4.90 Å². The first-order chi connectivity index (χ1) is 11.7. The van der Waals surface area contributed by atoms with Gasteiger partial charge in [0.1, 0.15) is 11.3 Å². The fourth-order valence-corrected chi connectivity index (χ4v) is 2.27. The molecule has 0 aromatic heterocycles. The van der Waals surface area contributed by atoms with E-state index in [9.17, 15) is 9.59 Å². The van der Waals surface area contributed by atoms with E-state index < -0.39 is 17.7 Å². The van der Waals surface area contributed by atoms with Crippen LogP contribution in [-0.2, 0) is 14.3 Å². The maximum atomic E-state index is 12.5. The van der Waals surface area contributed by atoms with E-state index in [-0.39, 0.29) is 18.2 Å². The first-order valence-corrected chi connectivity index (χ1v) is 8.15. The fraction of sp³-hybridized carbons (Fsp3) is 0.400. The number of rotatable bonds is 7. The molecular weight excluding hydrogens is 318 g/mol. The molecule has 0 spiro atoms. The van der Waals surface area contributed by atoms with Crippen molar-refractivity contribution in [3.63, 3.8) is 0 Å². The SMILES string of the molecule is C=CC(CCN(C(=C)C(=O)OC)C(=O)OC(C)(C)C)c1ccccc1. The van der Waals surface area contributed by atoms with Gasteiger partial charge in [-0.3, -0.25) is 4.90 Å². The molecule has 5 heteroatoms. The number of carbonyl (C=O) groups is 2. The number of amides is 1. The van der Waals surface area contributed by atoms with Gasteiger partial charge in [-0.1, -0.05) is 43.0 Å². The van der Waals surface area contributed by atoms with E-state index in [0.29, 0.717) is 6.42 Å². The van der Waals surface area contributed by atoms with E-state index in [0.717, 1.165) is 5.56 Å². The molecule has 1 aromatic rings. The van der Waals surface area contributed by atoms with E-state index in [1.165, 1.54) is 12.0 Å². The van der Waals surface area contributed by atoms with Gasteiger partial charge in [-0.2, -0.15) is 0 Å². The normalized spacial score (nSPS) is 12.0. The molecule has 0 heterocycles. The number of methoxy groups -OCH3 is 1. The first-order valence-electron chi connectivity index (χ1n) is 8.15. The molecule has 1 aromatic carbocycles. The number of nitrogens with zero attached hydrogens (tertiary/aromatic N) is 1. The summed E-state index contributed by atoms with van der Waals surface area (Å²) in [5, 5.41) is 0. The highest BCUT2D eigenvalue weighted by atomic mass is 16.6. The Morgan fingerprint density at radius 1 is 1.24 bits per heavy atom. The van der Waals surface area contributed by atoms with Crippen LogP contribution in [0, 0.1) is 0 Å². The van der Waals surface area contributed by atoms with Gasteiger partial charge in [0.2, 0.25) is 0 Å². The largest absolute Gasteiger partial charge is 0.464 e. The highest BCUT2D eigenvalue weighted by Crippen LogP contribution is 2.23. The lowest BCUT2D eigenvalue weighted by molar-refractivity contribution is -0.137. The van der Waals surface area contributed by atoms with Crippen molar-refractivity contribution in [3.8, 4) is 0 Å². The summed E-state index contributed by atoms with van der Waals surface area (Å²) in [7, 11) is 1.25. The van der Waals surface area contributed by atoms with Crippen LogP contribution >= 0.6 is 0 Å². The van der Waals surface area contributed by atoms with Gasteiger partial charge >= 0.3 is 12.1 Å². The number of hydrogen-bond acceptors (Lipinski definition) is 4. The summed E-state index contributed by atoms with van der Waals surface area (Å²) in [6.45, 7) is 13.1. The van der Waals surface area contributed by atoms with Crippen molar-refractivity contribution in [1.29, 1.82) is 0 Å².